The van der Waals surface area contributed by atoms with Crippen molar-refractivity contribution in [3.05, 3.63) is 0 Å². The summed E-state index contributed by atoms with van der Waals surface area (Å²) in [6.45, 7) is 7.11. The van der Waals surface area contributed by atoms with Gasteiger partial charge in [0, 0.05) is 0 Å². The Labute approximate surface area is 61.5 Å². The zero-order valence-corrected chi connectivity index (χ0v) is 13.0. The first kappa shape index (κ1) is 7.77. The van der Waals surface area contributed by atoms with E-state index in [-0.39, 0.29) is 18.4 Å². The summed E-state index contributed by atoms with van der Waals surface area (Å²) < 4.78 is 0.810. The van der Waals surface area contributed by atoms with E-state index >= 15 is 0 Å². The van der Waals surface area contributed by atoms with Crippen molar-refractivity contribution in [1.82, 2.24) is 0 Å². The molecule has 0 bridgehead atoms. The number of rotatable bonds is 0. The van der Waals surface area contributed by atoms with Crippen LogP contribution in [0.5, 0.6) is 0 Å². The van der Waals surface area contributed by atoms with Gasteiger partial charge in [0.25, 0.3) is 0 Å². The van der Waals surface area contributed by atoms with Crippen molar-refractivity contribution in [1.29, 1.82) is 0 Å². The maximum absolute atomic E-state index is 2.37. The standard InChI is InChI=1S/C4H9.2Bi.3H/c1-4(2)3;;;;;/h1-3H3;;;;;. The predicted molar refractivity (Wildman–Crippen MR) is 35.4 cm³/mol. The fourth-order valence-electron chi connectivity index (χ4n) is 0. The van der Waals surface area contributed by atoms with E-state index in [9.17, 15) is 0 Å². The molecular formula is C4H12Bi2. The third-order valence-corrected chi connectivity index (χ3v) is 33.3. The van der Waals surface area contributed by atoms with Gasteiger partial charge in [-0.05, 0) is 0 Å². The summed E-state index contributed by atoms with van der Waals surface area (Å²) in [7, 11) is 0. The molecule has 0 nitrogen and oxygen atoms in total. The zero-order valence-electron chi connectivity index (χ0n) is 4.58. The monoisotopic (exact) mass is 478 g/mol. The molecule has 0 aliphatic heterocycles. The van der Waals surface area contributed by atoms with Gasteiger partial charge in [0.2, 0.25) is 0 Å². The third kappa shape index (κ3) is 5.77. The van der Waals surface area contributed by atoms with E-state index < -0.39 is 0 Å². The van der Waals surface area contributed by atoms with Crippen LogP contribution in [-0.2, 0) is 0 Å². The Balaban J connectivity index is 3.17. The third-order valence-electron chi connectivity index (χ3n) is 0.433. The van der Waals surface area contributed by atoms with Gasteiger partial charge in [0.15, 0.2) is 0 Å². The first-order chi connectivity index (χ1) is 2.56. The Kier molecular flexibility index (Phi) is 3.79. The van der Waals surface area contributed by atoms with Gasteiger partial charge in [-0.2, -0.15) is 0 Å². The van der Waals surface area contributed by atoms with Gasteiger partial charge in [-0.25, -0.2) is 0 Å². The summed E-state index contributed by atoms with van der Waals surface area (Å²) in [5.74, 6) is 0. The molecule has 0 saturated carbocycles. The predicted octanol–water partition coefficient (Wildman–Crippen LogP) is 0.189. The second-order valence-corrected chi connectivity index (χ2v) is 19.2. The summed E-state index contributed by atoms with van der Waals surface area (Å²) in [5.41, 5.74) is 0. The Morgan fingerprint density at radius 3 is 1.50 bits per heavy atom. The van der Waals surface area contributed by atoms with E-state index in [1.165, 1.54) is 19.9 Å². The van der Waals surface area contributed by atoms with Crippen molar-refractivity contribution in [3.63, 3.8) is 0 Å². The van der Waals surface area contributed by atoms with Crippen LogP contribution in [0.1, 0.15) is 20.8 Å². The summed E-state index contributed by atoms with van der Waals surface area (Å²) >= 11 is 1.38. The second-order valence-electron chi connectivity index (χ2n) is 2.39. The molecule has 0 radical (unpaired) electrons. The van der Waals surface area contributed by atoms with Crippen molar-refractivity contribution in [3.8, 4) is 0 Å². The first-order valence-corrected chi connectivity index (χ1v) is 25.9. The van der Waals surface area contributed by atoms with Crippen LogP contribution in [0.2, 0.25) is 3.12 Å². The molecule has 0 aliphatic carbocycles. The summed E-state index contributed by atoms with van der Waals surface area (Å²) in [6, 6.07) is 0. The number of hydrogen-bond donors (Lipinski definition) is 0. The van der Waals surface area contributed by atoms with Crippen molar-refractivity contribution in [2.24, 2.45) is 0 Å². The van der Waals surface area contributed by atoms with Crippen molar-refractivity contribution < 1.29 is 0 Å². The Hall–Kier alpha value is 1.77. The van der Waals surface area contributed by atoms with Crippen LogP contribution >= 0.6 is 0 Å². The van der Waals surface area contributed by atoms with Gasteiger partial charge < -0.3 is 0 Å². The summed E-state index contributed by atoms with van der Waals surface area (Å²) in [4.78, 5) is 0. The van der Waals surface area contributed by atoms with Gasteiger partial charge >= 0.3 is 62.3 Å². The Morgan fingerprint density at radius 1 is 1.33 bits per heavy atom. The van der Waals surface area contributed by atoms with Gasteiger partial charge in [-0.15, -0.1) is 0 Å². The van der Waals surface area contributed by atoms with Crippen LogP contribution in [-0.4, -0.2) is 38.4 Å². The average molecular weight is 478 g/mol. The minimum absolute atomic E-state index is 0.0116. The van der Waals surface area contributed by atoms with Gasteiger partial charge in [-0.3, -0.25) is 0 Å². The molecule has 0 atom stereocenters. The molecule has 0 fully saturated rings. The van der Waals surface area contributed by atoms with Crippen molar-refractivity contribution >= 4 is 38.4 Å². The van der Waals surface area contributed by atoms with Crippen LogP contribution in [0.4, 0.5) is 0 Å². The molecule has 0 rings (SSSR count). The van der Waals surface area contributed by atoms with Crippen molar-refractivity contribution in [2.75, 3.05) is 0 Å². The molecule has 0 N–H and O–H groups in total. The Morgan fingerprint density at radius 2 is 1.50 bits per heavy atom. The fourth-order valence-corrected chi connectivity index (χ4v) is 0. The van der Waals surface area contributed by atoms with Gasteiger partial charge in [-0.1, -0.05) is 0 Å². The van der Waals surface area contributed by atoms with Crippen LogP contribution in [0.15, 0.2) is 0 Å². The SMILES string of the molecule is C[C](C)(C)[BiH][BiH2]. The quantitative estimate of drug-likeness (QED) is 0.437. The van der Waals surface area contributed by atoms with Crippen LogP contribution in [0.3, 0.4) is 0 Å². The molecule has 0 aromatic rings. The molecule has 0 aromatic carbocycles. The van der Waals surface area contributed by atoms with E-state index in [4.69, 9.17) is 0 Å². The van der Waals surface area contributed by atoms with E-state index in [2.05, 4.69) is 20.8 Å². The molecule has 2 heteroatoms. The maximum atomic E-state index is 2.37. The number of hydrogen-bond acceptors (Lipinski definition) is 0. The molecule has 0 aromatic heterocycles. The van der Waals surface area contributed by atoms with E-state index in [0.717, 1.165) is 3.12 Å². The van der Waals surface area contributed by atoms with E-state index in [1.54, 1.807) is 0 Å². The molecule has 0 amide bonds. The first-order valence-electron chi connectivity index (χ1n) is 2.04. The van der Waals surface area contributed by atoms with E-state index in [1.807, 2.05) is 0 Å². The molecule has 0 saturated heterocycles. The van der Waals surface area contributed by atoms with Crippen LogP contribution < -0.4 is 0 Å². The second kappa shape index (κ2) is 2.93. The van der Waals surface area contributed by atoms with Crippen LogP contribution in [0, 0.1) is 0 Å². The topological polar surface area (TPSA) is 0 Å². The van der Waals surface area contributed by atoms with Gasteiger partial charge in [0.05, 0.1) is 0 Å². The molecular weight excluding hydrogens is 466 g/mol. The molecule has 0 spiro atoms. The molecule has 0 heterocycles. The molecule has 0 aliphatic rings. The fraction of sp³-hybridized carbons (Fsp3) is 1.00. The molecule has 0 unspecified atom stereocenters. The van der Waals surface area contributed by atoms with Gasteiger partial charge in [0.1, 0.15) is 0 Å². The Bertz CT molecular complexity index is 35.3. The van der Waals surface area contributed by atoms with Crippen LogP contribution in [0.25, 0.3) is 0 Å². The summed E-state index contributed by atoms with van der Waals surface area (Å²) in [5, 5.41) is 0. The summed E-state index contributed by atoms with van der Waals surface area (Å²) in [6.07, 6.45) is 0. The van der Waals surface area contributed by atoms with E-state index in [0.29, 0.717) is 0 Å². The average Bonchev–Trinajstić information content (AvgIpc) is 1.35. The molecule has 38 valence electrons. The van der Waals surface area contributed by atoms with Crippen molar-refractivity contribution in [2.45, 2.75) is 23.9 Å². The normalized spacial score (nSPS) is 12.0. The molecule has 6 heavy (non-hydrogen) atoms. The minimum atomic E-state index is 0.0116. The zero-order chi connectivity index (χ0) is 5.21.